The van der Waals surface area contributed by atoms with Gasteiger partial charge in [-0.05, 0) is 38.2 Å². The van der Waals surface area contributed by atoms with Crippen molar-refractivity contribution in [2.45, 2.75) is 39.7 Å². The average molecular weight is 311 g/mol. The monoisotopic (exact) mass is 311 g/mol. The number of hydrogen-bond acceptors (Lipinski definition) is 4. The molecular weight excluding hydrogens is 286 g/mol. The Balaban J connectivity index is 1.83. The Kier molecular flexibility index (Phi) is 3.86. The molecule has 1 atom stereocenters. The maximum atomic E-state index is 11.8. The third kappa shape index (κ3) is 2.75. The minimum atomic E-state index is -2.81. The first kappa shape index (κ1) is 15.0. The van der Waals surface area contributed by atoms with Crippen molar-refractivity contribution in [1.82, 2.24) is 15.1 Å². The summed E-state index contributed by atoms with van der Waals surface area (Å²) in [7, 11) is -2.81. The van der Waals surface area contributed by atoms with Crippen molar-refractivity contribution < 1.29 is 8.42 Å². The van der Waals surface area contributed by atoms with E-state index >= 15 is 0 Å². The molecular formula is C15H25N3O2S. The second-order valence-corrected chi connectivity index (χ2v) is 8.77. The number of aromatic nitrogens is 2. The second-order valence-electron chi connectivity index (χ2n) is 6.54. The quantitative estimate of drug-likeness (QED) is 0.882. The Morgan fingerprint density at radius 2 is 2.19 bits per heavy atom. The molecule has 0 bridgehead atoms. The Morgan fingerprint density at radius 3 is 2.67 bits per heavy atom. The van der Waals surface area contributed by atoms with Crippen molar-refractivity contribution in [1.29, 1.82) is 0 Å². The number of aryl methyl sites for hydroxylation is 2. The number of nitrogens with one attached hydrogen (secondary N) is 1. The molecule has 0 aromatic carbocycles. The zero-order valence-corrected chi connectivity index (χ0v) is 13.7. The lowest BCUT2D eigenvalue weighted by Gasteiger charge is -2.47. The molecule has 2 aliphatic rings. The average Bonchev–Trinajstić information content (AvgIpc) is 2.96. The molecule has 1 N–H and O–H groups in total. The third-order valence-electron chi connectivity index (χ3n) is 5.16. The van der Waals surface area contributed by atoms with E-state index in [1.807, 2.05) is 0 Å². The number of rotatable bonds is 5. The first-order valence-electron chi connectivity index (χ1n) is 7.95. The van der Waals surface area contributed by atoms with Crippen molar-refractivity contribution in [2.24, 2.45) is 11.3 Å². The highest BCUT2D eigenvalue weighted by Crippen LogP contribution is 2.42. The molecule has 1 aromatic heterocycles. The lowest BCUT2D eigenvalue weighted by Crippen LogP contribution is -2.59. The molecule has 3 rings (SSSR count). The van der Waals surface area contributed by atoms with Crippen molar-refractivity contribution in [3.8, 4) is 0 Å². The van der Waals surface area contributed by atoms with E-state index < -0.39 is 9.84 Å². The van der Waals surface area contributed by atoms with Crippen molar-refractivity contribution in [3.05, 3.63) is 17.5 Å². The summed E-state index contributed by atoms with van der Waals surface area (Å²) in [6, 6.07) is 2.20. The maximum absolute atomic E-state index is 11.8. The molecule has 0 amide bonds. The predicted molar refractivity (Wildman–Crippen MR) is 83.0 cm³/mol. The summed E-state index contributed by atoms with van der Waals surface area (Å²) in [6.07, 6.45) is 2.72. The smallest absolute Gasteiger partial charge is 0.150 e. The fourth-order valence-electron chi connectivity index (χ4n) is 3.75. The zero-order chi connectivity index (χ0) is 15.1. The number of nitrogens with zero attached hydrogens (tertiary/aromatic N) is 2. The normalized spacial score (nSPS) is 26.7. The Labute approximate surface area is 127 Å². The summed E-state index contributed by atoms with van der Waals surface area (Å²) in [4.78, 5) is 0. The Morgan fingerprint density at radius 1 is 1.43 bits per heavy atom. The maximum Gasteiger partial charge on any atom is 0.150 e. The van der Waals surface area contributed by atoms with Crippen LogP contribution in [0.1, 0.15) is 31.7 Å². The van der Waals surface area contributed by atoms with E-state index in [4.69, 9.17) is 0 Å². The molecule has 1 unspecified atom stereocenters. The third-order valence-corrected chi connectivity index (χ3v) is 6.93. The molecule has 3 heterocycles. The van der Waals surface area contributed by atoms with Crippen LogP contribution in [-0.4, -0.2) is 42.8 Å². The van der Waals surface area contributed by atoms with Crippen LogP contribution in [0.4, 0.5) is 0 Å². The van der Waals surface area contributed by atoms with Crippen molar-refractivity contribution in [2.75, 3.05) is 24.6 Å². The summed E-state index contributed by atoms with van der Waals surface area (Å²) in [5.41, 5.74) is 2.51. The van der Waals surface area contributed by atoms with Gasteiger partial charge in [0.1, 0.15) is 0 Å². The van der Waals surface area contributed by atoms with E-state index in [-0.39, 0.29) is 5.41 Å². The standard InChI is InChI=1S/C15H25N3O2S/c1-3-13-7-14(18(4-2)17-13)8-15(10-16-11-15)12-5-6-21(19,20)9-12/h7,12,16H,3-6,8-11H2,1-2H3. The van der Waals surface area contributed by atoms with Gasteiger partial charge in [0.15, 0.2) is 9.84 Å². The van der Waals surface area contributed by atoms with Gasteiger partial charge in [0.25, 0.3) is 0 Å². The van der Waals surface area contributed by atoms with Crippen LogP contribution in [-0.2, 0) is 29.2 Å². The van der Waals surface area contributed by atoms with Crippen LogP contribution in [0.2, 0.25) is 0 Å². The summed E-state index contributed by atoms with van der Waals surface area (Å²) < 4.78 is 25.7. The molecule has 2 saturated heterocycles. The largest absolute Gasteiger partial charge is 0.315 e. The van der Waals surface area contributed by atoms with Crippen LogP contribution < -0.4 is 5.32 Å². The van der Waals surface area contributed by atoms with Crippen LogP contribution in [0, 0.1) is 11.3 Å². The first-order chi connectivity index (χ1) is 9.98. The van der Waals surface area contributed by atoms with Gasteiger partial charge in [-0.15, -0.1) is 0 Å². The van der Waals surface area contributed by atoms with E-state index in [0.29, 0.717) is 17.4 Å². The van der Waals surface area contributed by atoms with Crippen LogP contribution in [0.15, 0.2) is 6.07 Å². The van der Waals surface area contributed by atoms with Crippen molar-refractivity contribution >= 4 is 9.84 Å². The van der Waals surface area contributed by atoms with Crippen LogP contribution >= 0.6 is 0 Å². The molecule has 5 nitrogen and oxygen atoms in total. The molecule has 118 valence electrons. The first-order valence-corrected chi connectivity index (χ1v) is 9.77. The minimum Gasteiger partial charge on any atom is -0.315 e. The molecule has 2 aliphatic heterocycles. The van der Waals surface area contributed by atoms with Gasteiger partial charge in [-0.25, -0.2) is 8.42 Å². The van der Waals surface area contributed by atoms with Crippen LogP contribution in [0.25, 0.3) is 0 Å². The summed E-state index contributed by atoms with van der Waals surface area (Å²) in [5.74, 6) is 1.04. The van der Waals surface area contributed by atoms with E-state index in [1.165, 1.54) is 5.69 Å². The van der Waals surface area contributed by atoms with E-state index in [1.54, 1.807) is 0 Å². The van der Waals surface area contributed by atoms with Gasteiger partial charge in [-0.2, -0.15) is 5.10 Å². The minimum absolute atomic E-state index is 0.113. The topological polar surface area (TPSA) is 64.0 Å². The fraction of sp³-hybridized carbons (Fsp3) is 0.800. The molecule has 21 heavy (non-hydrogen) atoms. The highest BCUT2D eigenvalue weighted by Gasteiger charge is 2.48. The number of sulfone groups is 1. The van der Waals surface area contributed by atoms with Gasteiger partial charge in [0.2, 0.25) is 0 Å². The van der Waals surface area contributed by atoms with Gasteiger partial charge in [0.05, 0.1) is 17.2 Å². The molecule has 0 aliphatic carbocycles. The fourth-order valence-corrected chi connectivity index (χ4v) is 5.69. The summed E-state index contributed by atoms with van der Waals surface area (Å²) in [6.45, 7) is 6.98. The molecule has 2 fully saturated rings. The van der Waals surface area contributed by atoms with Gasteiger partial charge in [-0.3, -0.25) is 4.68 Å². The summed E-state index contributed by atoms with van der Waals surface area (Å²) >= 11 is 0. The van der Waals surface area contributed by atoms with Gasteiger partial charge < -0.3 is 5.32 Å². The molecule has 6 heteroatoms. The predicted octanol–water partition coefficient (Wildman–Crippen LogP) is 1.03. The summed E-state index contributed by atoms with van der Waals surface area (Å²) in [5, 5.41) is 7.98. The van der Waals surface area contributed by atoms with Crippen molar-refractivity contribution in [3.63, 3.8) is 0 Å². The van der Waals surface area contributed by atoms with Gasteiger partial charge in [0, 0.05) is 30.7 Å². The van der Waals surface area contributed by atoms with E-state index in [9.17, 15) is 8.42 Å². The zero-order valence-electron chi connectivity index (χ0n) is 12.9. The number of hydrogen-bond donors (Lipinski definition) is 1. The molecule has 0 radical (unpaired) electrons. The SMILES string of the molecule is CCc1cc(CC2(C3CCS(=O)(=O)C3)CNC2)n(CC)n1. The van der Waals surface area contributed by atoms with Gasteiger partial charge >= 0.3 is 0 Å². The molecule has 0 saturated carbocycles. The highest BCUT2D eigenvalue weighted by atomic mass is 32.2. The van der Waals surface area contributed by atoms with Gasteiger partial charge in [-0.1, -0.05) is 6.92 Å². The highest BCUT2D eigenvalue weighted by molar-refractivity contribution is 7.91. The Bertz CT molecular complexity index is 617. The van der Waals surface area contributed by atoms with Crippen LogP contribution in [0.5, 0.6) is 0 Å². The molecule has 0 spiro atoms. The Hall–Kier alpha value is -0.880. The van der Waals surface area contributed by atoms with Crippen LogP contribution in [0.3, 0.4) is 0 Å². The second kappa shape index (κ2) is 5.39. The van der Waals surface area contributed by atoms with E-state index in [2.05, 4.69) is 35.0 Å². The lowest BCUT2D eigenvalue weighted by molar-refractivity contribution is 0.0896. The lowest BCUT2D eigenvalue weighted by atomic mass is 9.67. The molecule has 1 aromatic rings. The van der Waals surface area contributed by atoms with E-state index in [0.717, 1.165) is 44.6 Å².